The molecule has 0 saturated heterocycles. The van der Waals surface area contributed by atoms with Crippen LogP contribution in [0.3, 0.4) is 0 Å². The second kappa shape index (κ2) is 5.52. The molecule has 0 heterocycles. The maximum atomic E-state index is 13.5. The van der Waals surface area contributed by atoms with Gasteiger partial charge in [-0.2, -0.15) is 5.26 Å². The highest BCUT2D eigenvalue weighted by atomic mass is 35.5. The van der Waals surface area contributed by atoms with E-state index in [-0.39, 0.29) is 6.61 Å². The van der Waals surface area contributed by atoms with Crippen LogP contribution in [0.4, 0.5) is 4.39 Å². The van der Waals surface area contributed by atoms with Crippen LogP contribution in [0.2, 0.25) is 5.02 Å². The van der Waals surface area contributed by atoms with Crippen LogP contribution in [0.1, 0.15) is 11.1 Å². The Kier molecular flexibility index (Phi) is 3.81. The highest BCUT2D eigenvalue weighted by molar-refractivity contribution is 6.31. The third-order valence-corrected chi connectivity index (χ3v) is 2.76. The molecule has 2 rings (SSSR count). The van der Waals surface area contributed by atoms with Gasteiger partial charge in [0, 0.05) is 5.56 Å². The maximum absolute atomic E-state index is 13.5. The molecule has 0 aliphatic rings. The molecule has 0 aliphatic heterocycles. The van der Waals surface area contributed by atoms with Gasteiger partial charge in [-0.1, -0.05) is 23.7 Å². The summed E-state index contributed by atoms with van der Waals surface area (Å²) < 4.78 is 18.9. The van der Waals surface area contributed by atoms with Gasteiger partial charge < -0.3 is 4.74 Å². The van der Waals surface area contributed by atoms with Gasteiger partial charge in [-0.3, -0.25) is 0 Å². The lowest BCUT2D eigenvalue weighted by molar-refractivity contribution is 0.300. The van der Waals surface area contributed by atoms with E-state index >= 15 is 0 Å². The fourth-order valence-corrected chi connectivity index (χ4v) is 1.70. The average Bonchev–Trinajstić information content (AvgIpc) is 2.38. The minimum atomic E-state index is -0.404. The first-order valence-corrected chi connectivity index (χ1v) is 5.64. The van der Waals surface area contributed by atoms with Crippen LogP contribution >= 0.6 is 11.6 Å². The minimum absolute atomic E-state index is 0.0282. The normalized spacial score (nSPS) is 9.83. The zero-order chi connectivity index (χ0) is 13.0. The van der Waals surface area contributed by atoms with E-state index in [1.807, 2.05) is 6.07 Å². The van der Waals surface area contributed by atoms with Gasteiger partial charge in [0.2, 0.25) is 0 Å². The standard InChI is InChI=1S/C14H9ClFNO/c15-13-5-2-6-14(16)12(13)9-18-11-4-1-3-10(7-11)8-17/h1-7H,9H2. The van der Waals surface area contributed by atoms with E-state index in [0.717, 1.165) is 0 Å². The highest BCUT2D eigenvalue weighted by Gasteiger charge is 2.07. The summed E-state index contributed by atoms with van der Waals surface area (Å²) in [4.78, 5) is 0. The van der Waals surface area contributed by atoms with Crippen molar-refractivity contribution in [1.82, 2.24) is 0 Å². The lowest BCUT2D eigenvalue weighted by Crippen LogP contribution is -1.99. The molecule has 0 amide bonds. The largest absolute Gasteiger partial charge is 0.489 e. The molecule has 0 unspecified atom stereocenters. The summed E-state index contributed by atoms with van der Waals surface area (Å²) in [5.41, 5.74) is 0.800. The van der Waals surface area contributed by atoms with Crippen molar-refractivity contribution in [2.75, 3.05) is 0 Å². The van der Waals surface area contributed by atoms with Gasteiger partial charge >= 0.3 is 0 Å². The Morgan fingerprint density at radius 3 is 2.72 bits per heavy atom. The van der Waals surface area contributed by atoms with Gasteiger partial charge in [0.25, 0.3) is 0 Å². The number of hydrogen-bond acceptors (Lipinski definition) is 2. The number of halogens is 2. The highest BCUT2D eigenvalue weighted by Crippen LogP contribution is 2.21. The van der Waals surface area contributed by atoms with Crippen LogP contribution in [0.25, 0.3) is 0 Å². The van der Waals surface area contributed by atoms with Gasteiger partial charge in [0.05, 0.1) is 16.7 Å². The molecular weight excluding hydrogens is 253 g/mol. The number of ether oxygens (including phenoxy) is 1. The first kappa shape index (κ1) is 12.4. The molecule has 2 nitrogen and oxygen atoms in total. The Balaban J connectivity index is 2.14. The van der Waals surface area contributed by atoms with Gasteiger partial charge in [-0.05, 0) is 30.3 Å². The van der Waals surface area contributed by atoms with Crippen molar-refractivity contribution in [2.45, 2.75) is 6.61 Å². The van der Waals surface area contributed by atoms with Crippen LogP contribution in [-0.4, -0.2) is 0 Å². The molecule has 2 aromatic rings. The van der Waals surface area contributed by atoms with Gasteiger partial charge in [0.15, 0.2) is 0 Å². The molecule has 0 atom stereocenters. The van der Waals surface area contributed by atoms with Crippen LogP contribution in [-0.2, 0) is 6.61 Å². The van der Waals surface area contributed by atoms with E-state index < -0.39 is 5.82 Å². The summed E-state index contributed by atoms with van der Waals surface area (Å²) in [5.74, 6) is 0.104. The summed E-state index contributed by atoms with van der Waals surface area (Å²) in [6.45, 7) is 0.0282. The molecule has 0 saturated carbocycles. The Hall–Kier alpha value is -2.05. The van der Waals surface area contributed by atoms with Crippen molar-refractivity contribution in [3.8, 4) is 11.8 Å². The first-order valence-electron chi connectivity index (χ1n) is 5.26. The molecule has 0 radical (unpaired) electrons. The molecule has 2 aromatic carbocycles. The molecule has 0 fully saturated rings. The third kappa shape index (κ3) is 2.79. The monoisotopic (exact) mass is 261 g/mol. The molecule has 90 valence electrons. The van der Waals surface area contributed by atoms with Crippen LogP contribution in [0, 0.1) is 17.1 Å². The number of nitriles is 1. The van der Waals surface area contributed by atoms with E-state index in [9.17, 15) is 4.39 Å². The quantitative estimate of drug-likeness (QED) is 0.839. The zero-order valence-electron chi connectivity index (χ0n) is 9.36. The molecule has 0 bridgehead atoms. The third-order valence-electron chi connectivity index (χ3n) is 2.41. The van der Waals surface area contributed by atoms with E-state index in [1.165, 1.54) is 12.1 Å². The Morgan fingerprint density at radius 2 is 2.00 bits per heavy atom. The van der Waals surface area contributed by atoms with Gasteiger partial charge in [0.1, 0.15) is 18.2 Å². The number of rotatable bonds is 3. The Morgan fingerprint density at radius 1 is 1.22 bits per heavy atom. The lowest BCUT2D eigenvalue weighted by Gasteiger charge is -2.08. The van der Waals surface area contributed by atoms with E-state index in [1.54, 1.807) is 30.3 Å². The lowest BCUT2D eigenvalue weighted by atomic mass is 10.2. The number of nitrogens with zero attached hydrogens (tertiary/aromatic N) is 1. The molecular formula is C14H9ClFNO. The smallest absolute Gasteiger partial charge is 0.131 e. The molecule has 0 N–H and O–H groups in total. The summed E-state index contributed by atoms with van der Waals surface area (Å²) in [6.07, 6.45) is 0. The minimum Gasteiger partial charge on any atom is -0.489 e. The summed E-state index contributed by atoms with van der Waals surface area (Å²) in [5, 5.41) is 9.07. The van der Waals surface area contributed by atoms with Gasteiger partial charge in [-0.15, -0.1) is 0 Å². The molecule has 0 aliphatic carbocycles. The SMILES string of the molecule is N#Cc1cccc(OCc2c(F)cccc2Cl)c1. The first-order chi connectivity index (χ1) is 8.70. The zero-order valence-corrected chi connectivity index (χ0v) is 10.1. The molecule has 0 aromatic heterocycles. The molecule has 18 heavy (non-hydrogen) atoms. The number of benzene rings is 2. The van der Waals surface area contributed by atoms with Crippen molar-refractivity contribution in [3.63, 3.8) is 0 Å². The topological polar surface area (TPSA) is 33.0 Å². The van der Waals surface area contributed by atoms with Crippen molar-refractivity contribution in [2.24, 2.45) is 0 Å². The second-order valence-electron chi connectivity index (χ2n) is 3.63. The van der Waals surface area contributed by atoms with Crippen molar-refractivity contribution in [3.05, 3.63) is 64.4 Å². The average molecular weight is 262 g/mol. The van der Waals surface area contributed by atoms with Crippen LogP contribution in [0.5, 0.6) is 5.75 Å². The predicted octanol–water partition coefficient (Wildman–Crippen LogP) is 3.93. The fourth-order valence-electron chi connectivity index (χ4n) is 1.48. The van der Waals surface area contributed by atoms with E-state index in [4.69, 9.17) is 21.6 Å². The summed E-state index contributed by atoms with van der Waals surface area (Å²) in [6, 6.07) is 13.2. The maximum Gasteiger partial charge on any atom is 0.131 e. The van der Waals surface area contributed by atoms with Crippen molar-refractivity contribution < 1.29 is 9.13 Å². The summed E-state index contributed by atoms with van der Waals surface area (Å²) in [7, 11) is 0. The molecule has 0 spiro atoms. The van der Waals surface area contributed by atoms with Crippen LogP contribution in [0.15, 0.2) is 42.5 Å². The number of hydrogen-bond donors (Lipinski definition) is 0. The van der Waals surface area contributed by atoms with Crippen LogP contribution < -0.4 is 4.74 Å². The predicted molar refractivity (Wildman–Crippen MR) is 66.9 cm³/mol. The second-order valence-corrected chi connectivity index (χ2v) is 4.04. The molecule has 4 heteroatoms. The van der Waals surface area contributed by atoms with E-state index in [0.29, 0.717) is 21.9 Å². The van der Waals surface area contributed by atoms with E-state index in [2.05, 4.69) is 0 Å². The van der Waals surface area contributed by atoms with Crippen molar-refractivity contribution in [1.29, 1.82) is 5.26 Å². The summed E-state index contributed by atoms with van der Waals surface area (Å²) >= 11 is 5.88. The Labute approximate surface area is 109 Å². The fraction of sp³-hybridized carbons (Fsp3) is 0.0714. The van der Waals surface area contributed by atoms with Crippen molar-refractivity contribution >= 4 is 11.6 Å². The Bertz CT molecular complexity index is 587. The van der Waals surface area contributed by atoms with Gasteiger partial charge in [-0.25, -0.2) is 4.39 Å².